The average molecular weight is 394 g/mol. The Morgan fingerprint density at radius 3 is 2.42 bits per heavy atom. The Hall–Kier alpha value is -2.05. The molecular formula is C19H20ClNO4S. The largest absolute Gasteiger partial charge is 0.497 e. The third-order valence-electron chi connectivity index (χ3n) is 4.59. The molecule has 1 aliphatic rings. The van der Waals surface area contributed by atoms with Crippen LogP contribution in [-0.4, -0.2) is 44.7 Å². The summed E-state index contributed by atoms with van der Waals surface area (Å²) in [6.07, 6.45) is 0.691. The molecule has 3 rings (SSSR count). The third-order valence-corrected chi connectivity index (χ3v) is 7.04. The van der Waals surface area contributed by atoms with Gasteiger partial charge in [0, 0.05) is 18.1 Å². The number of nitrogens with zero attached hydrogens (tertiary/aromatic N) is 1. The summed E-state index contributed by atoms with van der Waals surface area (Å²) in [7, 11) is -1.88. The second kappa shape index (κ2) is 7.68. The van der Waals surface area contributed by atoms with Crippen LogP contribution < -0.4 is 4.74 Å². The number of amides is 1. The molecule has 1 heterocycles. The summed E-state index contributed by atoms with van der Waals surface area (Å²) < 4.78 is 30.6. The molecular weight excluding hydrogens is 374 g/mol. The number of carbonyl (C=O) groups excluding carboxylic acids is 1. The van der Waals surface area contributed by atoms with E-state index in [0.29, 0.717) is 18.0 Å². The van der Waals surface area contributed by atoms with Crippen molar-refractivity contribution in [1.82, 2.24) is 4.90 Å². The molecule has 0 N–H and O–H groups in total. The maximum absolute atomic E-state index is 12.7. The molecule has 1 amide bonds. The molecule has 7 heteroatoms. The lowest BCUT2D eigenvalue weighted by Gasteiger charge is -2.17. The fraction of sp³-hybridized carbons (Fsp3) is 0.316. The van der Waals surface area contributed by atoms with Gasteiger partial charge < -0.3 is 9.64 Å². The molecule has 1 saturated heterocycles. The van der Waals surface area contributed by atoms with Gasteiger partial charge in [0.15, 0.2) is 9.84 Å². The summed E-state index contributed by atoms with van der Waals surface area (Å²) in [5.74, 6) is 0.667. The first-order chi connectivity index (χ1) is 12.4. The van der Waals surface area contributed by atoms with Crippen LogP contribution in [0, 0.1) is 0 Å². The number of benzene rings is 2. The maximum Gasteiger partial charge on any atom is 0.227 e. The first-order valence-electron chi connectivity index (χ1n) is 8.30. The molecule has 0 saturated carbocycles. The van der Waals surface area contributed by atoms with Gasteiger partial charge in [-0.05, 0) is 48.4 Å². The van der Waals surface area contributed by atoms with Crippen molar-refractivity contribution in [3.63, 3.8) is 0 Å². The normalized spacial score (nSPS) is 17.3. The molecule has 1 aliphatic heterocycles. The Balaban J connectivity index is 1.65. The highest BCUT2D eigenvalue weighted by molar-refractivity contribution is 7.92. The molecule has 138 valence electrons. The lowest BCUT2D eigenvalue weighted by Crippen LogP contribution is -2.32. The molecule has 1 atom stereocenters. The van der Waals surface area contributed by atoms with E-state index >= 15 is 0 Å². The molecule has 0 radical (unpaired) electrons. The summed E-state index contributed by atoms with van der Waals surface area (Å²) in [5.41, 5.74) is 0.875. The number of methoxy groups -OCH3 is 1. The minimum atomic E-state index is -3.47. The van der Waals surface area contributed by atoms with Gasteiger partial charge in [-0.3, -0.25) is 4.79 Å². The molecule has 2 aromatic carbocycles. The van der Waals surface area contributed by atoms with Crippen LogP contribution in [0.15, 0.2) is 53.4 Å². The van der Waals surface area contributed by atoms with Gasteiger partial charge >= 0.3 is 0 Å². The summed E-state index contributed by atoms with van der Waals surface area (Å²) >= 11 is 5.83. The van der Waals surface area contributed by atoms with Crippen LogP contribution >= 0.6 is 11.6 Å². The van der Waals surface area contributed by atoms with Crippen LogP contribution in [0.4, 0.5) is 0 Å². The molecule has 2 aromatic rings. The van der Waals surface area contributed by atoms with Crippen molar-refractivity contribution in [2.75, 3.05) is 20.2 Å². The number of halogens is 1. The summed E-state index contributed by atoms with van der Waals surface area (Å²) in [6, 6.07) is 13.5. The van der Waals surface area contributed by atoms with Crippen LogP contribution in [0.25, 0.3) is 0 Å². The van der Waals surface area contributed by atoms with Crippen molar-refractivity contribution in [3.8, 4) is 5.75 Å². The van der Waals surface area contributed by atoms with Gasteiger partial charge in [0.05, 0.1) is 23.7 Å². The zero-order valence-electron chi connectivity index (χ0n) is 14.4. The van der Waals surface area contributed by atoms with E-state index in [1.54, 1.807) is 36.3 Å². The summed E-state index contributed by atoms with van der Waals surface area (Å²) in [5, 5.41) is -0.0878. The van der Waals surface area contributed by atoms with Gasteiger partial charge in [-0.2, -0.15) is 0 Å². The molecule has 26 heavy (non-hydrogen) atoms. The van der Waals surface area contributed by atoms with Crippen molar-refractivity contribution < 1.29 is 17.9 Å². The fourth-order valence-electron chi connectivity index (χ4n) is 3.05. The van der Waals surface area contributed by atoms with E-state index in [2.05, 4.69) is 0 Å². The van der Waals surface area contributed by atoms with Crippen molar-refractivity contribution in [2.24, 2.45) is 0 Å². The highest BCUT2D eigenvalue weighted by atomic mass is 35.5. The quantitative estimate of drug-likeness (QED) is 0.783. The minimum Gasteiger partial charge on any atom is -0.497 e. The van der Waals surface area contributed by atoms with E-state index in [0.717, 1.165) is 11.3 Å². The fourth-order valence-corrected chi connectivity index (χ4v) is 4.87. The van der Waals surface area contributed by atoms with Crippen LogP contribution in [0.1, 0.15) is 12.0 Å². The predicted molar refractivity (Wildman–Crippen MR) is 100 cm³/mol. The first kappa shape index (κ1) is 18.7. The van der Waals surface area contributed by atoms with Gasteiger partial charge in [0.2, 0.25) is 5.91 Å². The van der Waals surface area contributed by atoms with Gasteiger partial charge in [-0.15, -0.1) is 0 Å². The number of likely N-dealkylation sites (tertiary alicyclic amines) is 1. The first-order valence-corrected chi connectivity index (χ1v) is 10.2. The second-order valence-corrected chi connectivity index (χ2v) is 8.94. The van der Waals surface area contributed by atoms with Crippen LogP contribution in [0.2, 0.25) is 5.02 Å². The summed E-state index contributed by atoms with van der Waals surface area (Å²) in [4.78, 5) is 14.4. The lowest BCUT2D eigenvalue weighted by atomic mass is 10.1. The van der Waals surface area contributed by atoms with E-state index in [1.165, 1.54) is 12.1 Å². The molecule has 5 nitrogen and oxygen atoms in total. The lowest BCUT2D eigenvalue weighted by molar-refractivity contribution is -0.129. The number of sulfone groups is 1. The smallest absolute Gasteiger partial charge is 0.227 e. The number of hydrogen-bond acceptors (Lipinski definition) is 4. The van der Waals surface area contributed by atoms with Crippen molar-refractivity contribution in [3.05, 3.63) is 59.1 Å². The van der Waals surface area contributed by atoms with Crippen molar-refractivity contribution in [2.45, 2.75) is 23.0 Å². The van der Waals surface area contributed by atoms with Crippen LogP contribution in [-0.2, 0) is 21.1 Å². The van der Waals surface area contributed by atoms with Gasteiger partial charge in [0.25, 0.3) is 0 Å². The molecule has 0 bridgehead atoms. The van der Waals surface area contributed by atoms with E-state index in [1.807, 2.05) is 12.1 Å². The van der Waals surface area contributed by atoms with E-state index in [-0.39, 0.29) is 23.8 Å². The van der Waals surface area contributed by atoms with Gasteiger partial charge in [0.1, 0.15) is 5.75 Å². The number of hydrogen-bond donors (Lipinski definition) is 0. The predicted octanol–water partition coefficient (Wildman–Crippen LogP) is 2.97. The number of carbonyl (C=O) groups is 1. The Morgan fingerprint density at radius 2 is 1.81 bits per heavy atom. The highest BCUT2D eigenvalue weighted by Gasteiger charge is 2.35. The zero-order valence-corrected chi connectivity index (χ0v) is 16.0. The standard InChI is InChI=1S/C19H20ClNO4S/c1-25-16-6-2-14(3-7-16)12-19(22)21-11-10-18(13-21)26(23,24)17-8-4-15(20)5-9-17/h2-9,18H,10-13H2,1H3/t18-/m1/s1. The van der Waals surface area contributed by atoms with Gasteiger partial charge in [-0.1, -0.05) is 23.7 Å². The van der Waals surface area contributed by atoms with E-state index < -0.39 is 15.1 Å². The SMILES string of the molecule is COc1ccc(CC(=O)N2CC[C@@H](S(=O)(=O)c3ccc(Cl)cc3)C2)cc1. The van der Waals surface area contributed by atoms with Crippen molar-refractivity contribution >= 4 is 27.3 Å². The molecule has 0 aliphatic carbocycles. The Morgan fingerprint density at radius 1 is 1.15 bits per heavy atom. The third kappa shape index (κ3) is 4.02. The van der Waals surface area contributed by atoms with Crippen LogP contribution in [0.3, 0.4) is 0 Å². The number of rotatable bonds is 5. The highest BCUT2D eigenvalue weighted by Crippen LogP contribution is 2.25. The average Bonchev–Trinajstić information content (AvgIpc) is 3.14. The Labute approximate surface area is 158 Å². The van der Waals surface area contributed by atoms with Gasteiger partial charge in [-0.25, -0.2) is 8.42 Å². The monoisotopic (exact) mass is 393 g/mol. The topological polar surface area (TPSA) is 63.7 Å². The van der Waals surface area contributed by atoms with Crippen LogP contribution in [0.5, 0.6) is 5.75 Å². The summed E-state index contributed by atoms with van der Waals surface area (Å²) in [6.45, 7) is 0.673. The zero-order chi connectivity index (χ0) is 18.7. The Bertz CT molecular complexity index is 879. The Kier molecular flexibility index (Phi) is 5.53. The second-order valence-electron chi connectivity index (χ2n) is 6.27. The number of ether oxygens (including phenoxy) is 1. The molecule has 0 unspecified atom stereocenters. The molecule has 1 fully saturated rings. The molecule has 0 aromatic heterocycles. The van der Waals surface area contributed by atoms with Crippen molar-refractivity contribution in [1.29, 1.82) is 0 Å². The molecule has 0 spiro atoms. The minimum absolute atomic E-state index is 0.0658. The van der Waals surface area contributed by atoms with E-state index in [4.69, 9.17) is 16.3 Å². The maximum atomic E-state index is 12.7. The van der Waals surface area contributed by atoms with E-state index in [9.17, 15) is 13.2 Å².